The normalized spacial score (nSPS) is 11.7. The van der Waals surface area contributed by atoms with Gasteiger partial charge in [-0.15, -0.1) is 5.69 Å². The van der Waals surface area contributed by atoms with Crippen LogP contribution in [0, 0.1) is 5.82 Å². The maximum atomic E-state index is 12.9. The molecule has 0 spiro atoms. The lowest BCUT2D eigenvalue weighted by Gasteiger charge is -2.22. The van der Waals surface area contributed by atoms with Gasteiger partial charge in [0.2, 0.25) is 10.0 Å². The van der Waals surface area contributed by atoms with E-state index in [4.69, 9.17) is 0 Å². The Morgan fingerprint density at radius 2 is 1.19 bits per heavy atom. The number of halogens is 1. The van der Waals surface area contributed by atoms with Crippen LogP contribution in [0.25, 0.3) is 9.44 Å². The zero-order valence-corrected chi connectivity index (χ0v) is 15.1. The van der Waals surface area contributed by atoms with Gasteiger partial charge in [-0.2, -0.15) is 0 Å². The van der Waals surface area contributed by atoms with E-state index in [1.807, 2.05) is 0 Å². The second-order valence-electron chi connectivity index (χ2n) is 5.13. The average Bonchev–Trinajstić information content (AvgIpc) is 2.63. The van der Waals surface area contributed by atoms with Crippen molar-refractivity contribution in [3.63, 3.8) is 0 Å². The van der Waals surface area contributed by atoms with E-state index in [-0.39, 0.29) is 21.4 Å². The molecule has 0 saturated carbocycles. The first-order valence-electron chi connectivity index (χ1n) is 7.35. The van der Waals surface area contributed by atoms with Crippen molar-refractivity contribution in [2.75, 3.05) is 0 Å². The van der Waals surface area contributed by atoms with Crippen molar-refractivity contribution in [1.29, 1.82) is 0 Å². The molecule has 27 heavy (non-hydrogen) atoms. The van der Waals surface area contributed by atoms with Crippen LogP contribution in [-0.4, -0.2) is 26.8 Å². The molecule has 0 aliphatic heterocycles. The minimum absolute atomic E-state index is 0.00855. The van der Waals surface area contributed by atoms with Crippen molar-refractivity contribution in [3.8, 4) is 0 Å². The molecular formula is C16H11FN4O4S2-2. The molecule has 8 nitrogen and oxygen atoms in total. The highest BCUT2D eigenvalue weighted by atomic mass is 32.2. The van der Waals surface area contributed by atoms with Gasteiger partial charge in [0.15, 0.2) is 0 Å². The quantitative estimate of drug-likeness (QED) is 0.618. The van der Waals surface area contributed by atoms with Crippen molar-refractivity contribution in [2.24, 2.45) is 0 Å². The molecule has 0 unspecified atom stereocenters. The topological polar surface area (TPSA) is 122 Å². The standard InChI is InChI=1S/C16H11FN4O4S2/c17-12-2-6-14(7-3-12)26(22,23)20-13-4-8-15(9-5-13)27(24,25)21-16-18-10-1-11-19-16/h1-11H/q-2. The summed E-state index contributed by atoms with van der Waals surface area (Å²) in [7, 11) is -8.13. The van der Waals surface area contributed by atoms with Crippen LogP contribution in [0.15, 0.2) is 76.8 Å². The summed E-state index contributed by atoms with van der Waals surface area (Å²) in [5.74, 6) is -0.792. The van der Waals surface area contributed by atoms with E-state index in [2.05, 4.69) is 19.4 Å². The number of rotatable bonds is 6. The fourth-order valence-corrected chi connectivity index (χ4v) is 3.85. The highest BCUT2D eigenvalue weighted by molar-refractivity contribution is 7.94. The fraction of sp³-hybridized carbons (Fsp3) is 0. The SMILES string of the molecule is O=S(=O)([N-]c1ccc(S(=O)(=O)[N-]c2ncccn2)cc1)c1ccc(F)cc1. The summed E-state index contributed by atoms with van der Waals surface area (Å²) < 4.78 is 68.8. The number of sulfonamides is 2. The minimum atomic E-state index is -4.06. The van der Waals surface area contributed by atoms with Crippen molar-refractivity contribution < 1.29 is 21.2 Å². The predicted octanol–water partition coefficient (Wildman–Crippen LogP) is 3.40. The molecule has 1 aromatic heterocycles. The molecule has 0 aliphatic carbocycles. The number of nitrogens with zero attached hydrogens (tertiary/aromatic N) is 4. The van der Waals surface area contributed by atoms with Crippen LogP contribution in [0.4, 0.5) is 16.0 Å². The summed E-state index contributed by atoms with van der Waals surface area (Å²) in [6.45, 7) is 0. The Bertz CT molecular complexity index is 1140. The van der Waals surface area contributed by atoms with Gasteiger partial charge in [-0.3, -0.25) is 4.72 Å². The Kier molecular flexibility index (Phi) is 5.06. The summed E-state index contributed by atoms with van der Waals surface area (Å²) in [6.07, 6.45) is 2.70. The van der Waals surface area contributed by atoms with E-state index in [0.717, 1.165) is 24.3 Å². The lowest BCUT2D eigenvalue weighted by molar-refractivity contribution is 0.600. The summed E-state index contributed by atoms with van der Waals surface area (Å²) in [5, 5.41) is 0. The van der Waals surface area contributed by atoms with Crippen molar-refractivity contribution >= 4 is 31.7 Å². The summed E-state index contributed by atoms with van der Waals surface area (Å²) in [6, 6.07) is 10.5. The van der Waals surface area contributed by atoms with Gasteiger partial charge in [0, 0.05) is 5.95 Å². The van der Waals surface area contributed by atoms with Crippen molar-refractivity contribution in [2.45, 2.75) is 9.79 Å². The number of benzene rings is 2. The molecule has 0 saturated heterocycles. The van der Waals surface area contributed by atoms with E-state index in [9.17, 15) is 21.2 Å². The molecule has 1 heterocycles. The Morgan fingerprint density at radius 3 is 1.74 bits per heavy atom. The van der Waals surface area contributed by atoms with Crippen LogP contribution in [0.2, 0.25) is 0 Å². The molecule has 3 aromatic rings. The first-order valence-corrected chi connectivity index (χ1v) is 10.2. The summed E-state index contributed by atoms with van der Waals surface area (Å²) in [5.41, 5.74) is 0.00855. The van der Waals surface area contributed by atoms with E-state index < -0.39 is 25.9 Å². The molecular weight excluding hydrogens is 395 g/mol. The van der Waals surface area contributed by atoms with Gasteiger partial charge >= 0.3 is 0 Å². The number of aromatic nitrogens is 2. The lowest BCUT2D eigenvalue weighted by atomic mass is 10.3. The monoisotopic (exact) mass is 406 g/mol. The molecule has 0 aliphatic rings. The molecule has 0 radical (unpaired) electrons. The Morgan fingerprint density at radius 1 is 0.704 bits per heavy atom. The minimum Gasteiger partial charge on any atom is -0.573 e. The average molecular weight is 406 g/mol. The van der Waals surface area contributed by atoms with E-state index in [1.54, 1.807) is 0 Å². The third-order valence-corrected chi connectivity index (χ3v) is 5.82. The molecule has 0 fully saturated rings. The molecule has 0 N–H and O–H groups in total. The fourth-order valence-electron chi connectivity index (χ4n) is 1.98. The smallest absolute Gasteiger partial charge is 0.229 e. The Balaban J connectivity index is 1.78. The molecule has 2 aromatic carbocycles. The highest BCUT2D eigenvalue weighted by Crippen LogP contribution is 2.30. The zero-order chi connectivity index (χ0) is 19.5. The largest absolute Gasteiger partial charge is 0.573 e. The Hall–Kier alpha value is -3.05. The molecule has 3 rings (SSSR count). The predicted molar refractivity (Wildman–Crippen MR) is 95.3 cm³/mol. The first-order chi connectivity index (χ1) is 12.8. The second kappa shape index (κ2) is 7.29. The second-order valence-corrected chi connectivity index (χ2v) is 8.34. The van der Waals surface area contributed by atoms with Gasteiger partial charge in [0.1, 0.15) is 15.8 Å². The number of hydrogen-bond acceptors (Lipinski definition) is 6. The number of hydrogen-bond donors (Lipinski definition) is 0. The highest BCUT2D eigenvalue weighted by Gasteiger charge is 2.11. The van der Waals surface area contributed by atoms with E-state index in [0.29, 0.717) is 0 Å². The maximum absolute atomic E-state index is 12.9. The maximum Gasteiger partial charge on any atom is 0.229 e. The Labute approximate surface area is 155 Å². The van der Waals surface area contributed by atoms with Crippen LogP contribution >= 0.6 is 0 Å². The lowest BCUT2D eigenvalue weighted by Crippen LogP contribution is -2.00. The van der Waals surface area contributed by atoms with Crippen LogP contribution in [0.3, 0.4) is 0 Å². The summed E-state index contributed by atoms with van der Waals surface area (Å²) >= 11 is 0. The van der Waals surface area contributed by atoms with Crippen molar-refractivity contribution in [1.82, 2.24) is 9.97 Å². The molecule has 11 heteroatoms. The molecule has 0 atom stereocenters. The molecule has 0 amide bonds. The zero-order valence-electron chi connectivity index (χ0n) is 13.5. The van der Waals surface area contributed by atoms with Crippen LogP contribution in [0.1, 0.15) is 0 Å². The first kappa shape index (κ1) is 18.7. The third kappa shape index (κ3) is 4.57. The van der Waals surface area contributed by atoms with Gasteiger partial charge in [0.25, 0.3) is 0 Å². The molecule has 0 bridgehead atoms. The van der Waals surface area contributed by atoms with Crippen LogP contribution < -0.4 is 0 Å². The van der Waals surface area contributed by atoms with Crippen molar-refractivity contribution in [3.05, 3.63) is 82.3 Å². The van der Waals surface area contributed by atoms with E-state index >= 15 is 0 Å². The van der Waals surface area contributed by atoms with Gasteiger partial charge in [0.05, 0.1) is 9.79 Å². The summed E-state index contributed by atoms with van der Waals surface area (Å²) in [4.78, 5) is 7.07. The van der Waals surface area contributed by atoms with Gasteiger partial charge < -0.3 is 14.7 Å². The van der Waals surface area contributed by atoms with Crippen LogP contribution in [0.5, 0.6) is 0 Å². The van der Waals surface area contributed by atoms with E-state index in [1.165, 1.54) is 42.7 Å². The van der Waals surface area contributed by atoms with Crippen LogP contribution in [-0.2, 0) is 20.0 Å². The van der Waals surface area contributed by atoms with Gasteiger partial charge in [-0.25, -0.2) is 21.2 Å². The van der Waals surface area contributed by atoms with Gasteiger partial charge in [-0.05, 0) is 48.8 Å². The molecule has 140 valence electrons. The third-order valence-electron chi connectivity index (χ3n) is 3.23. The van der Waals surface area contributed by atoms with Gasteiger partial charge in [-0.1, -0.05) is 18.2 Å².